The molecule has 3 rings (SSSR count). The molecule has 0 radical (unpaired) electrons. The summed E-state index contributed by atoms with van der Waals surface area (Å²) in [5.41, 5.74) is -0.404. The molecule has 2 aliphatic heterocycles. The third kappa shape index (κ3) is 3.59. The van der Waals surface area contributed by atoms with Gasteiger partial charge >= 0.3 is 0 Å². The van der Waals surface area contributed by atoms with Gasteiger partial charge in [-0.25, -0.2) is 0 Å². The van der Waals surface area contributed by atoms with Gasteiger partial charge in [-0.2, -0.15) is 0 Å². The number of piperidine rings is 1. The maximum absolute atomic E-state index is 12.5. The van der Waals surface area contributed by atoms with E-state index >= 15 is 0 Å². The SMILES string of the molecule is CN(C)C(=O)CN1CCCC2(C1)CN(C(=O)c1ccno1)CCO2. The van der Waals surface area contributed by atoms with Gasteiger partial charge in [0.15, 0.2) is 0 Å². The Kier molecular flexibility index (Phi) is 4.86. The van der Waals surface area contributed by atoms with E-state index in [4.69, 9.17) is 9.26 Å². The van der Waals surface area contributed by atoms with Gasteiger partial charge in [0.2, 0.25) is 11.7 Å². The molecule has 3 heterocycles. The van der Waals surface area contributed by atoms with Gasteiger partial charge in [0.1, 0.15) is 0 Å². The van der Waals surface area contributed by atoms with Gasteiger partial charge in [-0.3, -0.25) is 14.5 Å². The van der Waals surface area contributed by atoms with Crippen molar-refractivity contribution in [3.63, 3.8) is 0 Å². The van der Waals surface area contributed by atoms with Crippen LogP contribution in [0.5, 0.6) is 0 Å². The summed E-state index contributed by atoms with van der Waals surface area (Å²) in [6.07, 6.45) is 3.31. The van der Waals surface area contributed by atoms with Gasteiger partial charge < -0.3 is 19.1 Å². The van der Waals surface area contributed by atoms with Crippen LogP contribution in [0.1, 0.15) is 23.4 Å². The highest BCUT2D eigenvalue weighted by Gasteiger charge is 2.42. The van der Waals surface area contributed by atoms with E-state index in [2.05, 4.69) is 10.1 Å². The van der Waals surface area contributed by atoms with Crippen molar-refractivity contribution in [3.8, 4) is 0 Å². The number of rotatable bonds is 3. The van der Waals surface area contributed by atoms with Crippen LogP contribution in [0.2, 0.25) is 0 Å². The van der Waals surface area contributed by atoms with E-state index in [-0.39, 0.29) is 17.6 Å². The Bertz CT molecular complexity index is 585. The molecule has 0 bridgehead atoms. The standard InChI is InChI=1S/C16H24N4O4/c1-18(2)14(21)10-19-7-3-5-16(11-19)12-20(8-9-23-16)15(22)13-4-6-17-24-13/h4,6H,3,5,7-12H2,1-2H3. The molecule has 1 aromatic rings. The lowest BCUT2D eigenvalue weighted by Crippen LogP contribution is -2.61. The molecule has 1 spiro atoms. The lowest BCUT2D eigenvalue weighted by molar-refractivity contribution is -0.142. The zero-order valence-electron chi connectivity index (χ0n) is 14.2. The number of morpholine rings is 1. The minimum atomic E-state index is -0.404. The Labute approximate surface area is 141 Å². The first kappa shape index (κ1) is 16.9. The van der Waals surface area contributed by atoms with Crippen molar-refractivity contribution in [3.05, 3.63) is 18.0 Å². The van der Waals surface area contributed by atoms with Gasteiger partial charge in [0.25, 0.3) is 5.91 Å². The maximum Gasteiger partial charge on any atom is 0.292 e. The number of likely N-dealkylation sites (N-methyl/N-ethyl adjacent to an activating group) is 1. The molecule has 132 valence electrons. The number of ether oxygens (including phenoxy) is 1. The first-order chi connectivity index (χ1) is 11.5. The summed E-state index contributed by atoms with van der Waals surface area (Å²) in [7, 11) is 3.52. The number of likely N-dealkylation sites (tertiary alicyclic amines) is 1. The quantitative estimate of drug-likeness (QED) is 0.777. The molecule has 2 saturated heterocycles. The van der Waals surface area contributed by atoms with E-state index in [0.717, 1.165) is 19.4 Å². The second-order valence-corrected chi connectivity index (χ2v) is 6.74. The third-order valence-corrected chi connectivity index (χ3v) is 4.66. The number of carbonyl (C=O) groups excluding carboxylic acids is 2. The zero-order valence-corrected chi connectivity index (χ0v) is 14.2. The average Bonchev–Trinajstić information content (AvgIpc) is 3.08. The van der Waals surface area contributed by atoms with Crippen molar-refractivity contribution in [2.75, 3.05) is 53.4 Å². The van der Waals surface area contributed by atoms with E-state index in [9.17, 15) is 9.59 Å². The normalized spacial score (nSPS) is 25.0. The molecule has 1 aromatic heterocycles. The summed E-state index contributed by atoms with van der Waals surface area (Å²) in [4.78, 5) is 30.0. The fourth-order valence-electron chi connectivity index (χ4n) is 3.41. The number of hydrogen-bond donors (Lipinski definition) is 0. The van der Waals surface area contributed by atoms with E-state index in [1.54, 1.807) is 30.0 Å². The van der Waals surface area contributed by atoms with Crippen molar-refractivity contribution in [1.29, 1.82) is 0 Å². The van der Waals surface area contributed by atoms with Crippen LogP contribution in [0.4, 0.5) is 0 Å². The Morgan fingerprint density at radius 2 is 2.17 bits per heavy atom. The molecule has 2 fully saturated rings. The van der Waals surface area contributed by atoms with Crippen molar-refractivity contribution >= 4 is 11.8 Å². The van der Waals surface area contributed by atoms with Gasteiger partial charge in [-0.15, -0.1) is 0 Å². The summed E-state index contributed by atoms with van der Waals surface area (Å²) in [6, 6.07) is 1.58. The molecular formula is C16H24N4O4. The molecule has 1 unspecified atom stereocenters. The molecule has 24 heavy (non-hydrogen) atoms. The first-order valence-electron chi connectivity index (χ1n) is 8.25. The Morgan fingerprint density at radius 3 is 2.88 bits per heavy atom. The minimum Gasteiger partial charge on any atom is -0.370 e. The van der Waals surface area contributed by atoms with Crippen LogP contribution in [-0.2, 0) is 9.53 Å². The number of aromatic nitrogens is 1. The van der Waals surface area contributed by atoms with E-state index in [1.165, 1.54) is 6.20 Å². The van der Waals surface area contributed by atoms with Crippen LogP contribution in [0.3, 0.4) is 0 Å². The molecule has 2 amide bonds. The largest absolute Gasteiger partial charge is 0.370 e. The minimum absolute atomic E-state index is 0.0810. The van der Waals surface area contributed by atoms with E-state index < -0.39 is 5.60 Å². The van der Waals surface area contributed by atoms with Crippen molar-refractivity contribution in [2.45, 2.75) is 18.4 Å². The fourth-order valence-corrected chi connectivity index (χ4v) is 3.41. The summed E-state index contributed by atoms with van der Waals surface area (Å²) in [6.45, 7) is 3.47. The molecule has 8 heteroatoms. The smallest absolute Gasteiger partial charge is 0.292 e. The zero-order chi connectivity index (χ0) is 17.2. The van der Waals surface area contributed by atoms with Gasteiger partial charge in [-0.05, 0) is 19.4 Å². The van der Waals surface area contributed by atoms with Crippen LogP contribution in [0.15, 0.2) is 16.8 Å². The van der Waals surface area contributed by atoms with Crippen LogP contribution in [0.25, 0.3) is 0 Å². The van der Waals surface area contributed by atoms with E-state index in [1.807, 2.05) is 0 Å². The van der Waals surface area contributed by atoms with Crippen LogP contribution >= 0.6 is 0 Å². The molecule has 0 aromatic carbocycles. The van der Waals surface area contributed by atoms with E-state index in [0.29, 0.717) is 32.8 Å². The lowest BCUT2D eigenvalue weighted by Gasteiger charge is -2.47. The second-order valence-electron chi connectivity index (χ2n) is 6.74. The van der Waals surface area contributed by atoms with Crippen molar-refractivity contribution < 1.29 is 18.8 Å². The fraction of sp³-hybridized carbons (Fsp3) is 0.688. The summed E-state index contributed by atoms with van der Waals surface area (Å²) >= 11 is 0. The molecule has 0 N–H and O–H groups in total. The average molecular weight is 336 g/mol. The number of hydrogen-bond acceptors (Lipinski definition) is 6. The second kappa shape index (κ2) is 6.90. The van der Waals surface area contributed by atoms with Crippen LogP contribution in [0, 0.1) is 0 Å². The monoisotopic (exact) mass is 336 g/mol. The predicted octanol–water partition coefficient (Wildman–Crippen LogP) is 0.0698. The summed E-state index contributed by atoms with van der Waals surface area (Å²) in [5.74, 6) is 0.177. The highest BCUT2D eigenvalue weighted by atomic mass is 16.5. The topological polar surface area (TPSA) is 79.1 Å². The summed E-state index contributed by atoms with van der Waals surface area (Å²) < 4.78 is 11.1. The van der Waals surface area contributed by atoms with Crippen LogP contribution in [-0.4, -0.2) is 90.7 Å². The van der Waals surface area contributed by atoms with Crippen LogP contribution < -0.4 is 0 Å². The molecule has 0 aliphatic carbocycles. The highest BCUT2D eigenvalue weighted by molar-refractivity contribution is 5.91. The van der Waals surface area contributed by atoms with Gasteiger partial charge in [-0.1, -0.05) is 5.16 Å². The Morgan fingerprint density at radius 1 is 1.33 bits per heavy atom. The molecule has 2 aliphatic rings. The number of carbonyl (C=O) groups is 2. The van der Waals surface area contributed by atoms with Gasteiger partial charge in [0.05, 0.1) is 31.5 Å². The summed E-state index contributed by atoms with van der Waals surface area (Å²) in [5, 5.41) is 3.60. The van der Waals surface area contributed by atoms with Crippen molar-refractivity contribution in [1.82, 2.24) is 19.9 Å². The van der Waals surface area contributed by atoms with Gasteiger partial charge in [0, 0.05) is 33.3 Å². The number of nitrogens with zero attached hydrogens (tertiary/aromatic N) is 4. The first-order valence-corrected chi connectivity index (χ1v) is 8.25. The Hall–Kier alpha value is -1.93. The molecular weight excluding hydrogens is 312 g/mol. The highest BCUT2D eigenvalue weighted by Crippen LogP contribution is 2.29. The number of amides is 2. The predicted molar refractivity (Wildman–Crippen MR) is 85.5 cm³/mol. The van der Waals surface area contributed by atoms with Crippen molar-refractivity contribution in [2.24, 2.45) is 0 Å². The lowest BCUT2D eigenvalue weighted by atomic mass is 9.90. The third-order valence-electron chi connectivity index (χ3n) is 4.66. The molecule has 0 saturated carbocycles. The molecule has 8 nitrogen and oxygen atoms in total. The maximum atomic E-state index is 12.5. The molecule has 1 atom stereocenters. The Balaban J connectivity index is 1.66.